The van der Waals surface area contributed by atoms with E-state index in [0.717, 1.165) is 101 Å². The minimum Gasteiger partial charge on any atom is -0.493 e. The molecule has 274 valence electrons. The van der Waals surface area contributed by atoms with E-state index in [1.807, 2.05) is 24.3 Å². The lowest BCUT2D eigenvalue weighted by molar-refractivity contribution is -0.158. The molecule has 0 radical (unpaired) electrons. The molecule has 0 N–H and O–H groups in total. The van der Waals surface area contributed by atoms with E-state index in [4.69, 9.17) is 18.9 Å². The van der Waals surface area contributed by atoms with Gasteiger partial charge in [-0.1, -0.05) is 78.1 Å². The highest BCUT2D eigenvalue weighted by molar-refractivity contribution is 5.75. The van der Waals surface area contributed by atoms with E-state index >= 15 is 0 Å². The van der Waals surface area contributed by atoms with Crippen molar-refractivity contribution in [2.24, 2.45) is 11.8 Å². The second-order valence-electron chi connectivity index (χ2n) is 14.3. The third-order valence-corrected chi connectivity index (χ3v) is 10.1. The zero-order valence-electron chi connectivity index (χ0n) is 29.9. The summed E-state index contributed by atoms with van der Waals surface area (Å²) in [7, 11) is 0. The quantitative estimate of drug-likeness (QED) is 0.0800. The van der Waals surface area contributed by atoms with Gasteiger partial charge in [0.1, 0.15) is 23.7 Å². The molecule has 0 heterocycles. The van der Waals surface area contributed by atoms with Gasteiger partial charge < -0.3 is 18.9 Å². The van der Waals surface area contributed by atoms with Gasteiger partial charge in [0.15, 0.2) is 12.3 Å². The first-order chi connectivity index (χ1) is 23.4. The van der Waals surface area contributed by atoms with Gasteiger partial charge in [-0.2, -0.15) is 0 Å². The van der Waals surface area contributed by atoms with Crippen molar-refractivity contribution in [1.82, 2.24) is 0 Å². The van der Waals surface area contributed by atoms with Crippen LogP contribution in [-0.4, -0.2) is 49.7 Å². The Morgan fingerprint density at radius 1 is 0.562 bits per heavy atom. The molecule has 2 atom stereocenters. The Labute approximate surface area is 289 Å². The Bertz CT molecular complexity index is 909. The Hall–Kier alpha value is -2.38. The third kappa shape index (κ3) is 16.3. The molecule has 0 amide bonds. The molecular weight excluding hydrogens is 614 g/mol. The molecule has 6 nitrogen and oxygen atoms in total. The van der Waals surface area contributed by atoms with E-state index in [0.29, 0.717) is 25.0 Å². The van der Waals surface area contributed by atoms with Crippen LogP contribution in [0.2, 0.25) is 0 Å². The van der Waals surface area contributed by atoms with E-state index in [1.165, 1.54) is 38.5 Å². The molecular formula is C40H64F2O6. The number of unbranched alkanes of at least 4 members (excludes halogenated alkanes) is 10. The van der Waals surface area contributed by atoms with Crippen LogP contribution < -0.4 is 9.47 Å². The molecule has 2 aliphatic rings. The summed E-state index contributed by atoms with van der Waals surface area (Å²) >= 11 is 0. The molecule has 0 saturated heterocycles. The zero-order chi connectivity index (χ0) is 34.4. The topological polar surface area (TPSA) is 71.1 Å². The first kappa shape index (κ1) is 40.1. The molecule has 0 aliphatic heterocycles. The van der Waals surface area contributed by atoms with E-state index in [-0.39, 0.29) is 25.0 Å². The van der Waals surface area contributed by atoms with E-state index < -0.39 is 24.3 Å². The lowest BCUT2D eigenvalue weighted by Gasteiger charge is -2.29. The van der Waals surface area contributed by atoms with Crippen LogP contribution >= 0.6 is 0 Å². The summed E-state index contributed by atoms with van der Waals surface area (Å²) in [5.41, 5.74) is 0. The maximum atomic E-state index is 14.3. The number of carbonyl (C=O) groups excluding carboxylic acids is 2. The van der Waals surface area contributed by atoms with Gasteiger partial charge in [0.25, 0.3) is 0 Å². The molecule has 0 spiro atoms. The third-order valence-electron chi connectivity index (χ3n) is 10.1. The van der Waals surface area contributed by atoms with Crippen molar-refractivity contribution < 1.29 is 37.3 Å². The van der Waals surface area contributed by atoms with Crippen molar-refractivity contribution in [1.29, 1.82) is 0 Å². The fraction of sp³-hybridized carbons (Fsp3) is 0.800. The molecule has 2 fully saturated rings. The minimum atomic E-state index is -1.51. The smallest absolute Gasteiger partial charge is 0.340 e. The van der Waals surface area contributed by atoms with E-state index in [2.05, 4.69) is 13.8 Å². The highest BCUT2D eigenvalue weighted by atomic mass is 19.1. The monoisotopic (exact) mass is 678 g/mol. The van der Waals surface area contributed by atoms with E-state index in [1.54, 1.807) is 0 Å². The second-order valence-corrected chi connectivity index (χ2v) is 14.3. The molecule has 2 saturated carbocycles. The number of carbonyl (C=O) groups is 2. The van der Waals surface area contributed by atoms with E-state index in [9.17, 15) is 18.4 Å². The lowest BCUT2D eigenvalue weighted by atomic mass is 9.88. The van der Waals surface area contributed by atoms with Gasteiger partial charge in [0.05, 0.1) is 13.2 Å². The Kier molecular flexibility index (Phi) is 19.9. The first-order valence-electron chi connectivity index (χ1n) is 19.4. The Morgan fingerprint density at radius 2 is 0.896 bits per heavy atom. The van der Waals surface area contributed by atoms with Crippen molar-refractivity contribution in [2.45, 2.75) is 180 Å². The van der Waals surface area contributed by atoms with Gasteiger partial charge in [-0.25, -0.2) is 18.4 Å². The normalized spacial score (nSPS) is 22.4. The van der Waals surface area contributed by atoms with Crippen molar-refractivity contribution in [3.05, 3.63) is 24.3 Å². The van der Waals surface area contributed by atoms with Gasteiger partial charge >= 0.3 is 11.9 Å². The van der Waals surface area contributed by atoms with Crippen molar-refractivity contribution >= 4 is 11.9 Å². The number of ether oxygens (including phenoxy) is 4. The number of halogens is 2. The average Bonchev–Trinajstić information content (AvgIpc) is 3.10. The van der Waals surface area contributed by atoms with Gasteiger partial charge in [-0.15, -0.1) is 0 Å². The molecule has 0 bridgehead atoms. The summed E-state index contributed by atoms with van der Waals surface area (Å²) < 4.78 is 51.6. The standard InChI is InChI=1S/C40H64F2O6/c1-3-5-7-9-11-13-15-37(41)39(43)47-35-21-17-31(18-22-35)29-45-33-25-27-34(28-26-33)46-30-32-19-23-36(24-20-32)48-40(44)38(42)16-14-12-10-8-6-4-2/h25-28,31-32,35-38H,3-24,29-30H2,1-2H3/t31?,32?,35?,36?,37-,38-/m0/s1. The molecule has 3 rings (SSSR count). The largest absolute Gasteiger partial charge is 0.493 e. The lowest BCUT2D eigenvalue weighted by Crippen LogP contribution is -2.30. The zero-order valence-corrected chi connectivity index (χ0v) is 29.9. The van der Waals surface area contributed by atoms with Gasteiger partial charge in [-0.3, -0.25) is 0 Å². The summed E-state index contributed by atoms with van der Waals surface area (Å²) in [6.45, 7) is 5.54. The molecule has 0 aromatic heterocycles. The molecule has 1 aromatic carbocycles. The number of hydrogen-bond acceptors (Lipinski definition) is 6. The highest BCUT2D eigenvalue weighted by Gasteiger charge is 2.29. The summed E-state index contributed by atoms with van der Waals surface area (Å²) in [5.74, 6) is 0.955. The molecule has 48 heavy (non-hydrogen) atoms. The average molecular weight is 679 g/mol. The SMILES string of the molecule is CCCCCCCC[C@H](F)C(=O)OC1CCC(COc2ccc(OCC3CCC(OC(=O)[C@@H](F)CCCCCCCC)CC3)cc2)CC1. The minimum absolute atomic E-state index is 0.194. The number of hydrogen-bond donors (Lipinski definition) is 0. The molecule has 0 unspecified atom stereocenters. The van der Waals surface area contributed by atoms with Crippen LogP contribution in [-0.2, 0) is 19.1 Å². The van der Waals surface area contributed by atoms with Crippen LogP contribution in [0.5, 0.6) is 11.5 Å². The molecule has 1 aromatic rings. The van der Waals surface area contributed by atoms with Crippen molar-refractivity contribution in [3.63, 3.8) is 0 Å². The molecule has 8 heteroatoms. The summed E-state index contributed by atoms with van der Waals surface area (Å²) in [6.07, 6.45) is 16.5. The number of rotatable bonds is 24. The maximum Gasteiger partial charge on any atom is 0.340 e. The van der Waals surface area contributed by atoms with Crippen molar-refractivity contribution in [2.75, 3.05) is 13.2 Å². The Morgan fingerprint density at radius 3 is 1.25 bits per heavy atom. The van der Waals surface area contributed by atoms with Crippen LogP contribution in [0.15, 0.2) is 24.3 Å². The Balaban J connectivity index is 1.22. The predicted octanol–water partition coefficient (Wildman–Crippen LogP) is 10.8. The fourth-order valence-electron chi connectivity index (χ4n) is 6.81. The van der Waals surface area contributed by atoms with Crippen LogP contribution in [0, 0.1) is 11.8 Å². The first-order valence-corrected chi connectivity index (χ1v) is 19.4. The highest BCUT2D eigenvalue weighted by Crippen LogP contribution is 2.30. The number of benzene rings is 1. The fourth-order valence-corrected chi connectivity index (χ4v) is 6.81. The van der Waals surface area contributed by atoms with Gasteiger partial charge in [0.2, 0.25) is 0 Å². The van der Waals surface area contributed by atoms with Gasteiger partial charge in [0, 0.05) is 0 Å². The van der Waals surface area contributed by atoms with Crippen LogP contribution in [0.4, 0.5) is 8.78 Å². The van der Waals surface area contributed by atoms with Crippen LogP contribution in [0.25, 0.3) is 0 Å². The maximum absolute atomic E-state index is 14.3. The van der Waals surface area contributed by atoms with Gasteiger partial charge in [-0.05, 0) is 113 Å². The van der Waals surface area contributed by atoms with Crippen LogP contribution in [0.3, 0.4) is 0 Å². The summed E-state index contributed by atoms with van der Waals surface area (Å²) in [5, 5.41) is 0. The second kappa shape index (κ2) is 23.9. The molecule has 2 aliphatic carbocycles. The van der Waals surface area contributed by atoms with Crippen LogP contribution in [0.1, 0.15) is 155 Å². The number of alkyl halides is 2. The number of esters is 2. The predicted molar refractivity (Wildman–Crippen MR) is 187 cm³/mol. The summed E-state index contributed by atoms with van der Waals surface area (Å²) in [6, 6.07) is 7.68. The summed E-state index contributed by atoms with van der Waals surface area (Å²) in [4.78, 5) is 24.4. The van der Waals surface area contributed by atoms with Crippen molar-refractivity contribution in [3.8, 4) is 11.5 Å².